The summed E-state index contributed by atoms with van der Waals surface area (Å²) >= 11 is 0. The van der Waals surface area contributed by atoms with Crippen LogP contribution in [0.3, 0.4) is 0 Å². The molecule has 3 rings (SSSR count). The third kappa shape index (κ3) is 2.70. The maximum Gasteiger partial charge on any atom is 0.231 e. The van der Waals surface area contributed by atoms with Crippen LogP contribution in [0.4, 0.5) is 0 Å². The van der Waals surface area contributed by atoms with E-state index in [9.17, 15) is 0 Å². The van der Waals surface area contributed by atoms with E-state index in [-0.39, 0.29) is 6.79 Å². The number of ether oxygens (including phenoxy) is 3. The van der Waals surface area contributed by atoms with Crippen LogP contribution in [-0.4, -0.2) is 38.0 Å². The molecule has 1 fully saturated rings. The molecule has 2 heterocycles. The summed E-state index contributed by atoms with van der Waals surface area (Å²) in [6, 6.07) is 8.05. The first-order valence-corrected chi connectivity index (χ1v) is 6.67. The number of nitrogens with zero attached hydrogens (tertiary/aromatic N) is 2. The molecule has 0 aliphatic carbocycles. The number of rotatable bonds is 3. The molecule has 0 radical (unpaired) electrons. The highest BCUT2D eigenvalue weighted by Crippen LogP contribution is 2.33. The number of hydrogen-bond donors (Lipinski definition) is 0. The second-order valence-corrected chi connectivity index (χ2v) is 4.73. The third-order valence-corrected chi connectivity index (χ3v) is 3.47. The fourth-order valence-corrected chi connectivity index (χ4v) is 2.44. The minimum atomic E-state index is 0.281. The highest BCUT2D eigenvalue weighted by molar-refractivity contribution is 5.45. The lowest BCUT2D eigenvalue weighted by Crippen LogP contribution is -2.36. The van der Waals surface area contributed by atoms with E-state index in [2.05, 4.69) is 11.0 Å². The Bertz CT molecular complexity index is 557. The van der Waals surface area contributed by atoms with Crippen molar-refractivity contribution in [3.8, 4) is 17.6 Å². The predicted octanol–water partition coefficient (Wildman–Crippen LogP) is 1.70. The van der Waals surface area contributed by atoms with Crippen LogP contribution in [0.2, 0.25) is 0 Å². The smallest absolute Gasteiger partial charge is 0.231 e. The Hall–Kier alpha value is -2.19. The second-order valence-electron chi connectivity index (χ2n) is 4.73. The van der Waals surface area contributed by atoms with Gasteiger partial charge in [0.2, 0.25) is 6.79 Å². The molecule has 5 heteroatoms. The Morgan fingerprint density at radius 1 is 1.25 bits per heavy atom. The highest BCUT2D eigenvalue weighted by atomic mass is 16.7. The first-order valence-electron chi connectivity index (χ1n) is 6.67. The van der Waals surface area contributed by atoms with Crippen molar-refractivity contribution in [3.05, 3.63) is 35.5 Å². The van der Waals surface area contributed by atoms with Crippen molar-refractivity contribution in [1.29, 1.82) is 5.26 Å². The monoisotopic (exact) mass is 272 g/mol. The molecule has 0 unspecified atom stereocenters. The Morgan fingerprint density at radius 2 is 2.05 bits per heavy atom. The van der Waals surface area contributed by atoms with Crippen LogP contribution in [0.25, 0.3) is 0 Å². The van der Waals surface area contributed by atoms with Gasteiger partial charge in [-0.05, 0) is 17.7 Å². The summed E-state index contributed by atoms with van der Waals surface area (Å²) in [4.78, 5) is 2.21. The summed E-state index contributed by atoms with van der Waals surface area (Å²) in [5.74, 6) is 1.56. The van der Waals surface area contributed by atoms with Gasteiger partial charge >= 0.3 is 0 Å². The molecule has 0 spiro atoms. The number of allylic oxidation sites excluding steroid dienone is 2. The van der Waals surface area contributed by atoms with Crippen molar-refractivity contribution in [2.45, 2.75) is 6.42 Å². The van der Waals surface area contributed by atoms with E-state index in [0.29, 0.717) is 19.6 Å². The van der Waals surface area contributed by atoms with Gasteiger partial charge in [0, 0.05) is 31.3 Å². The van der Waals surface area contributed by atoms with Crippen molar-refractivity contribution in [3.63, 3.8) is 0 Å². The van der Waals surface area contributed by atoms with Gasteiger partial charge < -0.3 is 19.1 Å². The fraction of sp³-hybridized carbons (Fsp3) is 0.400. The number of nitriles is 1. The van der Waals surface area contributed by atoms with Crippen LogP contribution >= 0.6 is 0 Å². The van der Waals surface area contributed by atoms with Gasteiger partial charge in [-0.2, -0.15) is 5.26 Å². The van der Waals surface area contributed by atoms with E-state index in [0.717, 1.165) is 35.8 Å². The molecule has 0 aromatic heterocycles. The zero-order valence-corrected chi connectivity index (χ0v) is 11.2. The minimum absolute atomic E-state index is 0.281. The Balaban J connectivity index is 1.76. The van der Waals surface area contributed by atoms with E-state index in [1.807, 2.05) is 18.2 Å². The summed E-state index contributed by atoms with van der Waals surface area (Å²) in [5.41, 5.74) is 2.14. The van der Waals surface area contributed by atoms with Crippen LogP contribution in [0.5, 0.6) is 11.5 Å². The molecule has 2 aliphatic rings. The molecule has 0 N–H and O–H groups in total. The lowest BCUT2D eigenvalue weighted by Gasteiger charge is -2.30. The number of fused-ring (bicyclic) bond motifs is 1. The summed E-state index contributed by atoms with van der Waals surface area (Å²) in [5, 5.41) is 8.97. The maximum absolute atomic E-state index is 8.97. The summed E-state index contributed by atoms with van der Waals surface area (Å²) < 4.78 is 16.0. The normalized spacial score (nSPS) is 17.9. The average Bonchev–Trinajstić information content (AvgIpc) is 2.95. The van der Waals surface area contributed by atoms with Crippen molar-refractivity contribution in [1.82, 2.24) is 4.90 Å². The van der Waals surface area contributed by atoms with E-state index in [1.54, 1.807) is 6.08 Å². The first kappa shape index (κ1) is 12.8. The summed E-state index contributed by atoms with van der Waals surface area (Å²) in [7, 11) is 0. The molecular formula is C15H16N2O3. The Kier molecular flexibility index (Phi) is 3.75. The lowest BCUT2D eigenvalue weighted by atomic mass is 10.1. The Morgan fingerprint density at radius 3 is 2.85 bits per heavy atom. The van der Waals surface area contributed by atoms with Crippen LogP contribution in [0.1, 0.15) is 5.56 Å². The van der Waals surface area contributed by atoms with E-state index in [4.69, 9.17) is 19.5 Å². The zero-order valence-electron chi connectivity index (χ0n) is 11.2. The molecule has 0 atom stereocenters. The van der Waals surface area contributed by atoms with Gasteiger partial charge in [0.25, 0.3) is 0 Å². The van der Waals surface area contributed by atoms with Gasteiger partial charge in [0.15, 0.2) is 11.5 Å². The maximum atomic E-state index is 8.97. The molecule has 1 aromatic carbocycles. The molecule has 20 heavy (non-hydrogen) atoms. The van der Waals surface area contributed by atoms with Gasteiger partial charge in [0.1, 0.15) is 0 Å². The van der Waals surface area contributed by atoms with Crippen molar-refractivity contribution in [2.75, 3.05) is 33.1 Å². The quantitative estimate of drug-likeness (QED) is 0.784. The topological polar surface area (TPSA) is 54.7 Å². The molecular weight excluding hydrogens is 256 g/mol. The average molecular weight is 272 g/mol. The van der Waals surface area contributed by atoms with Crippen molar-refractivity contribution < 1.29 is 14.2 Å². The molecule has 1 aromatic rings. The molecule has 5 nitrogen and oxygen atoms in total. The fourth-order valence-electron chi connectivity index (χ4n) is 2.44. The van der Waals surface area contributed by atoms with Crippen molar-refractivity contribution in [2.24, 2.45) is 0 Å². The Labute approximate surface area is 118 Å². The van der Waals surface area contributed by atoms with Gasteiger partial charge in [-0.25, -0.2) is 0 Å². The van der Waals surface area contributed by atoms with Crippen LogP contribution in [-0.2, 0) is 11.2 Å². The SMILES string of the molecule is N#CC=C(Cc1ccc2c(c1)OCO2)N1CCOCC1. The standard InChI is InChI=1S/C15H16N2O3/c16-4-3-13(17-5-7-18-8-6-17)9-12-1-2-14-15(10-12)20-11-19-14/h1-3,10H,5-9,11H2. The van der Waals surface area contributed by atoms with Crippen molar-refractivity contribution >= 4 is 0 Å². The van der Waals surface area contributed by atoms with Gasteiger partial charge in [0.05, 0.1) is 19.3 Å². The predicted molar refractivity (Wildman–Crippen MR) is 72.4 cm³/mol. The van der Waals surface area contributed by atoms with Gasteiger partial charge in [-0.1, -0.05) is 6.07 Å². The highest BCUT2D eigenvalue weighted by Gasteiger charge is 2.17. The molecule has 0 amide bonds. The molecule has 0 bridgehead atoms. The van der Waals surface area contributed by atoms with Crippen LogP contribution < -0.4 is 9.47 Å². The lowest BCUT2D eigenvalue weighted by molar-refractivity contribution is 0.0526. The van der Waals surface area contributed by atoms with Crippen LogP contribution in [0, 0.1) is 11.3 Å². The summed E-state index contributed by atoms with van der Waals surface area (Å²) in [6.07, 6.45) is 2.33. The molecule has 104 valence electrons. The minimum Gasteiger partial charge on any atom is -0.454 e. The van der Waals surface area contributed by atoms with Gasteiger partial charge in [-0.15, -0.1) is 0 Å². The third-order valence-electron chi connectivity index (χ3n) is 3.47. The first-order chi connectivity index (χ1) is 9.86. The number of morpholine rings is 1. The van der Waals surface area contributed by atoms with E-state index < -0.39 is 0 Å². The number of benzene rings is 1. The second kappa shape index (κ2) is 5.85. The van der Waals surface area contributed by atoms with Crippen LogP contribution in [0.15, 0.2) is 30.0 Å². The molecule has 2 aliphatic heterocycles. The van der Waals surface area contributed by atoms with Gasteiger partial charge in [-0.3, -0.25) is 0 Å². The number of hydrogen-bond acceptors (Lipinski definition) is 5. The summed E-state index contributed by atoms with van der Waals surface area (Å²) in [6.45, 7) is 3.37. The molecule has 0 saturated carbocycles. The van der Waals surface area contributed by atoms with E-state index >= 15 is 0 Å². The largest absolute Gasteiger partial charge is 0.454 e. The van der Waals surface area contributed by atoms with E-state index in [1.165, 1.54) is 0 Å². The molecule has 1 saturated heterocycles. The zero-order chi connectivity index (χ0) is 13.8.